The minimum atomic E-state index is -0.826. The molecule has 5 nitrogen and oxygen atoms in total. The van der Waals surface area contributed by atoms with Crippen LogP contribution >= 0.6 is 12.4 Å². The predicted octanol–water partition coefficient (Wildman–Crippen LogP) is 3.63. The molecule has 6 heteroatoms. The lowest BCUT2D eigenvalue weighted by Crippen LogP contribution is -2.47. The lowest BCUT2D eigenvalue weighted by Gasteiger charge is -2.28. The number of carbonyl (C=O) groups excluding carboxylic acids is 1. The first-order chi connectivity index (χ1) is 13.0. The molecule has 0 aliphatic carbocycles. The number of nitrogens with zero attached hydrogens (tertiary/aromatic N) is 1. The molecule has 0 heterocycles. The summed E-state index contributed by atoms with van der Waals surface area (Å²) in [4.78, 5) is 14.1. The molecule has 2 unspecified atom stereocenters. The van der Waals surface area contributed by atoms with Gasteiger partial charge in [0.25, 0.3) is 0 Å². The molecule has 0 spiro atoms. The average Bonchev–Trinajstić information content (AvgIpc) is 2.66. The van der Waals surface area contributed by atoms with E-state index in [1.165, 1.54) is 0 Å². The number of amides is 1. The van der Waals surface area contributed by atoms with Crippen LogP contribution in [0.4, 0.5) is 4.79 Å². The largest absolute Gasteiger partial charge is 0.445 e. The SMILES string of the molecule is CC(C)CN(CC(O)C(N)Cc1ccccc1)C(=O)OCc1ccccc1.Cl. The van der Waals surface area contributed by atoms with Gasteiger partial charge in [-0.25, -0.2) is 4.79 Å². The molecule has 0 bridgehead atoms. The molecule has 28 heavy (non-hydrogen) atoms. The molecule has 3 N–H and O–H groups in total. The number of carbonyl (C=O) groups is 1. The lowest BCUT2D eigenvalue weighted by atomic mass is 10.0. The second kappa shape index (κ2) is 12.4. The minimum absolute atomic E-state index is 0. The molecule has 0 saturated heterocycles. The van der Waals surface area contributed by atoms with Crippen LogP contribution in [0.5, 0.6) is 0 Å². The number of nitrogens with two attached hydrogens (primary N) is 1. The second-order valence-corrected chi connectivity index (χ2v) is 7.26. The number of aliphatic hydroxyl groups excluding tert-OH is 1. The molecule has 1 amide bonds. The van der Waals surface area contributed by atoms with Gasteiger partial charge in [0.2, 0.25) is 0 Å². The highest BCUT2D eigenvalue weighted by Crippen LogP contribution is 2.10. The van der Waals surface area contributed by atoms with Gasteiger partial charge < -0.3 is 20.5 Å². The van der Waals surface area contributed by atoms with Gasteiger partial charge in [-0.05, 0) is 23.5 Å². The number of benzene rings is 2. The zero-order chi connectivity index (χ0) is 19.6. The zero-order valence-electron chi connectivity index (χ0n) is 16.5. The molecule has 2 rings (SSSR count). The Morgan fingerprint density at radius 3 is 2.07 bits per heavy atom. The van der Waals surface area contributed by atoms with Crippen molar-refractivity contribution < 1.29 is 14.6 Å². The Bertz CT molecular complexity index is 683. The standard InChI is InChI=1S/C22H30N2O3.ClH/c1-17(2)14-24(22(26)27-16-19-11-7-4-8-12-19)15-21(25)20(23)13-18-9-5-3-6-10-18;/h3-12,17,20-21,25H,13-16,23H2,1-2H3;1H. The van der Waals surface area contributed by atoms with Crippen LogP contribution in [0.25, 0.3) is 0 Å². The molecular formula is C22H31ClN2O3. The molecular weight excluding hydrogens is 376 g/mol. The second-order valence-electron chi connectivity index (χ2n) is 7.26. The summed E-state index contributed by atoms with van der Waals surface area (Å²) in [6.07, 6.45) is -0.705. The molecule has 2 aromatic carbocycles. The third-order valence-electron chi connectivity index (χ3n) is 4.26. The molecule has 2 aromatic rings. The Balaban J connectivity index is 0.00000392. The van der Waals surface area contributed by atoms with Gasteiger partial charge in [-0.15, -0.1) is 12.4 Å². The first-order valence-corrected chi connectivity index (χ1v) is 9.39. The molecule has 0 fully saturated rings. The third-order valence-corrected chi connectivity index (χ3v) is 4.26. The van der Waals surface area contributed by atoms with Crippen molar-refractivity contribution in [1.29, 1.82) is 0 Å². The molecule has 0 aliphatic heterocycles. The maximum absolute atomic E-state index is 12.5. The summed E-state index contributed by atoms with van der Waals surface area (Å²) in [5.74, 6) is 0.256. The van der Waals surface area contributed by atoms with Crippen LogP contribution in [0.1, 0.15) is 25.0 Å². The van der Waals surface area contributed by atoms with E-state index in [9.17, 15) is 9.90 Å². The smallest absolute Gasteiger partial charge is 0.410 e. The van der Waals surface area contributed by atoms with Gasteiger partial charge in [0.15, 0.2) is 0 Å². The Hall–Kier alpha value is -2.08. The van der Waals surface area contributed by atoms with Crippen LogP contribution in [0.3, 0.4) is 0 Å². The first-order valence-electron chi connectivity index (χ1n) is 9.39. The highest BCUT2D eigenvalue weighted by Gasteiger charge is 2.24. The van der Waals surface area contributed by atoms with Gasteiger partial charge in [-0.1, -0.05) is 74.5 Å². The fraction of sp³-hybridized carbons (Fsp3) is 0.409. The van der Waals surface area contributed by atoms with Crippen molar-refractivity contribution in [3.05, 3.63) is 71.8 Å². The van der Waals surface area contributed by atoms with Crippen molar-refractivity contribution in [1.82, 2.24) is 4.90 Å². The highest BCUT2D eigenvalue weighted by molar-refractivity contribution is 5.85. The van der Waals surface area contributed by atoms with Crippen molar-refractivity contribution in [2.75, 3.05) is 13.1 Å². The number of rotatable bonds is 9. The van der Waals surface area contributed by atoms with Crippen LogP contribution in [-0.2, 0) is 17.8 Å². The summed E-state index contributed by atoms with van der Waals surface area (Å²) >= 11 is 0. The first kappa shape index (κ1) is 24.0. The van der Waals surface area contributed by atoms with Crippen molar-refractivity contribution in [2.45, 2.75) is 39.0 Å². The van der Waals surface area contributed by atoms with E-state index in [4.69, 9.17) is 10.5 Å². The molecule has 0 radical (unpaired) electrons. The van der Waals surface area contributed by atoms with E-state index in [0.29, 0.717) is 13.0 Å². The monoisotopic (exact) mass is 406 g/mol. The van der Waals surface area contributed by atoms with Crippen molar-refractivity contribution in [3.63, 3.8) is 0 Å². The van der Waals surface area contributed by atoms with Crippen molar-refractivity contribution >= 4 is 18.5 Å². The van der Waals surface area contributed by atoms with E-state index in [0.717, 1.165) is 11.1 Å². The Labute approximate surface area is 173 Å². The summed E-state index contributed by atoms with van der Waals surface area (Å²) in [7, 11) is 0. The predicted molar refractivity (Wildman–Crippen MR) is 114 cm³/mol. The number of hydrogen-bond acceptors (Lipinski definition) is 4. The van der Waals surface area contributed by atoms with E-state index < -0.39 is 18.2 Å². The van der Waals surface area contributed by atoms with Crippen LogP contribution < -0.4 is 5.73 Å². The Morgan fingerprint density at radius 1 is 1.00 bits per heavy atom. The van der Waals surface area contributed by atoms with E-state index in [2.05, 4.69) is 0 Å². The lowest BCUT2D eigenvalue weighted by molar-refractivity contribution is 0.0562. The average molecular weight is 407 g/mol. The van der Waals surface area contributed by atoms with E-state index in [1.54, 1.807) is 4.90 Å². The number of ether oxygens (including phenoxy) is 1. The minimum Gasteiger partial charge on any atom is -0.445 e. The Kier molecular flexibility index (Phi) is 10.6. The van der Waals surface area contributed by atoms with Crippen LogP contribution in [-0.4, -0.2) is 41.3 Å². The highest BCUT2D eigenvalue weighted by atomic mass is 35.5. The van der Waals surface area contributed by atoms with Gasteiger partial charge in [-0.2, -0.15) is 0 Å². The van der Waals surface area contributed by atoms with Crippen molar-refractivity contribution in [2.24, 2.45) is 11.7 Å². The van der Waals surface area contributed by atoms with Crippen molar-refractivity contribution in [3.8, 4) is 0 Å². The summed E-state index contributed by atoms with van der Waals surface area (Å²) in [5.41, 5.74) is 8.15. The Morgan fingerprint density at radius 2 is 1.54 bits per heavy atom. The maximum Gasteiger partial charge on any atom is 0.410 e. The normalized spacial score (nSPS) is 12.8. The molecule has 0 saturated carbocycles. The number of aliphatic hydroxyl groups is 1. The maximum atomic E-state index is 12.5. The molecule has 0 aliphatic rings. The zero-order valence-corrected chi connectivity index (χ0v) is 17.3. The summed E-state index contributed by atoms with van der Waals surface area (Å²) < 4.78 is 5.43. The quantitative estimate of drug-likeness (QED) is 0.666. The van der Waals surface area contributed by atoms with Gasteiger partial charge >= 0.3 is 6.09 Å². The topological polar surface area (TPSA) is 75.8 Å². The van der Waals surface area contributed by atoms with Crippen LogP contribution in [0.15, 0.2) is 60.7 Å². The molecule has 2 atom stereocenters. The van der Waals surface area contributed by atoms with E-state index >= 15 is 0 Å². The fourth-order valence-electron chi connectivity index (χ4n) is 2.86. The number of hydrogen-bond donors (Lipinski definition) is 2. The van der Waals surface area contributed by atoms with Gasteiger partial charge in [0.1, 0.15) is 6.61 Å². The fourth-order valence-corrected chi connectivity index (χ4v) is 2.86. The van der Waals surface area contributed by atoms with E-state index in [-0.39, 0.29) is 31.5 Å². The van der Waals surface area contributed by atoms with Crippen LogP contribution in [0, 0.1) is 5.92 Å². The van der Waals surface area contributed by atoms with Gasteiger partial charge in [-0.3, -0.25) is 0 Å². The summed E-state index contributed by atoms with van der Waals surface area (Å²) in [6.45, 7) is 4.91. The molecule has 154 valence electrons. The summed E-state index contributed by atoms with van der Waals surface area (Å²) in [6, 6.07) is 18.9. The van der Waals surface area contributed by atoms with Gasteiger partial charge in [0, 0.05) is 12.6 Å². The molecule has 0 aromatic heterocycles. The van der Waals surface area contributed by atoms with Crippen LogP contribution in [0.2, 0.25) is 0 Å². The van der Waals surface area contributed by atoms with E-state index in [1.807, 2.05) is 74.5 Å². The van der Waals surface area contributed by atoms with Gasteiger partial charge in [0.05, 0.1) is 12.6 Å². The summed E-state index contributed by atoms with van der Waals surface area (Å²) in [5, 5.41) is 10.5. The third kappa shape index (κ3) is 8.30. The number of halogens is 1.